The first kappa shape index (κ1) is 19.5. The number of anilines is 1. The molecule has 138 valence electrons. The minimum Gasteiger partial charge on any atom is -0.481 e. The molecule has 0 fully saturated rings. The fourth-order valence-electron chi connectivity index (χ4n) is 3.01. The molecule has 0 aliphatic heterocycles. The third-order valence-electron chi connectivity index (χ3n) is 4.55. The Morgan fingerprint density at radius 3 is 1.85 bits per heavy atom. The van der Waals surface area contributed by atoms with Crippen LogP contribution in [-0.4, -0.2) is 35.2 Å². The average molecular weight is 355 g/mol. The first-order valence-corrected chi connectivity index (χ1v) is 8.47. The highest BCUT2D eigenvalue weighted by Gasteiger charge is 2.38. The largest absolute Gasteiger partial charge is 0.481 e. The van der Waals surface area contributed by atoms with Gasteiger partial charge in [0.05, 0.1) is 0 Å². The Hall–Kier alpha value is -2.82. The molecule has 0 bridgehead atoms. The maximum absolute atomic E-state index is 12.0. The standard InChI is InChI=1S/C21H25NO4/c1-21(2,3)15-12-10-14(11-13-15)17(19(23)24)18(20(25)26)22(4)16-8-6-5-7-9-16/h5-13,17-18H,1-4H3,(H,23,24)(H,25,26). The lowest BCUT2D eigenvalue weighted by Crippen LogP contribution is -2.46. The van der Waals surface area contributed by atoms with Crippen LogP contribution in [0.4, 0.5) is 5.69 Å². The third-order valence-corrected chi connectivity index (χ3v) is 4.55. The summed E-state index contributed by atoms with van der Waals surface area (Å²) >= 11 is 0. The van der Waals surface area contributed by atoms with Gasteiger partial charge in [-0.3, -0.25) is 4.79 Å². The lowest BCUT2D eigenvalue weighted by molar-refractivity contribution is -0.146. The van der Waals surface area contributed by atoms with Gasteiger partial charge in [-0.15, -0.1) is 0 Å². The minimum atomic E-state index is -1.23. The summed E-state index contributed by atoms with van der Waals surface area (Å²) in [5.41, 5.74) is 2.12. The highest BCUT2D eigenvalue weighted by Crippen LogP contribution is 2.30. The maximum atomic E-state index is 12.0. The summed E-state index contributed by atoms with van der Waals surface area (Å²) in [6.07, 6.45) is 0. The van der Waals surface area contributed by atoms with E-state index in [2.05, 4.69) is 20.8 Å². The van der Waals surface area contributed by atoms with Gasteiger partial charge in [-0.2, -0.15) is 0 Å². The summed E-state index contributed by atoms with van der Waals surface area (Å²) in [5.74, 6) is -3.53. The van der Waals surface area contributed by atoms with Gasteiger partial charge in [0.2, 0.25) is 0 Å². The second kappa shape index (κ2) is 7.60. The third kappa shape index (κ3) is 4.23. The molecule has 2 aromatic carbocycles. The molecule has 2 atom stereocenters. The van der Waals surface area contributed by atoms with Crippen LogP contribution in [0.25, 0.3) is 0 Å². The topological polar surface area (TPSA) is 77.8 Å². The molecule has 0 aliphatic rings. The van der Waals surface area contributed by atoms with E-state index < -0.39 is 23.9 Å². The molecular weight excluding hydrogens is 330 g/mol. The normalized spacial score (nSPS) is 13.7. The molecule has 5 heteroatoms. The van der Waals surface area contributed by atoms with E-state index in [1.54, 1.807) is 43.4 Å². The van der Waals surface area contributed by atoms with Crippen LogP contribution in [0.1, 0.15) is 37.8 Å². The highest BCUT2D eigenvalue weighted by molar-refractivity contribution is 5.89. The van der Waals surface area contributed by atoms with E-state index in [0.717, 1.165) is 5.56 Å². The smallest absolute Gasteiger partial charge is 0.327 e. The number of carboxylic acid groups (broad SMARTS) is 2. The maximum Gasteiger partial charge on any atom is 0.327 e. The van der Waals surface area contributed by atoms with Crippen molar-refractivity contribution >= 4 is 17.6 Å². The van der Waals surface area contributed by atoms with Gasteiger partial charge in [-0.25, -0.2) is 4.79 Å². The van der Waals surface area contributed by atoms with Crippen molar-refractivity contribution in [3.05, 3.63) is 65.7 Å². The van der Waals surface area contributed by atoms with Crippen molar-refractivity contribution in [3.63, 3.8) is 0 Å². The van der Waals surface area contributed by atoms with Crippen molar-refractivity contribution in [2.45, 2.75) is 38.1 Å². The Morgan fingerprint density at radius 2 is 1.42 bits per heavy atom. The van der Waals surface area contributed by atoms with Crippen molar-refractivity contribution in [2.24, 2.45) is 0 Å². The van der Waals surface area contributed by atoms with Crippen molar-refractivity contribution < 1.29 is 19.8 Å². The van der Waals surface area contributed by atoms with E-state index >= 15 is 0 Å². The van der Waals surface area contributed by atoms with Crippen molar-refractivity contribution in [1.29, 1.82) is 0 Å². The van der Waals surface area contributed by atoms with Crippen LogP contribution >= 0.6 is 0 Å². The number of likely N-dealkylation sites (N-methyl/N-ethyl adjacent to an activating group) is 1. The molecule has 2 N–H and O–H groups in total. The summed E-state index contributed by atoms with van der Waals surface area (Å²) in [6.45, 7) is 6.21. The molecule has 5 nitrogen and oxygen atoms in total. The van der Waals surface area contributed by atoms with Crippen LogP contribution in [0.2, 0.25) is 0 Å². The molecule has 0 amide bonds. The first-order chi connectivity index (χ1) is 12.1. The molecule has 0 heterocycles. The number of hydrogen-bond donors (Lipinski definition) is 2. The van der Waals surface area contributed by atoms with Crippen LogP contribution in [0.3, 0.4) is 0 Å². The molecule has 0 aromatic heterocycles. The zero-order chi connectivity index (χ0) is 19.5. The summed E-state index contributed by atoms with van der Waals surface area (Å²) in [5, 5.41) is 19.5. The van der Waals surface area contributed by atoms with Crippen LogP contribution in [0.5, 0.6) is 0 Å². The van der Waals surface area contributed by atoms with Crippen molar-refractivity contribution in [2.75, 3.05) is 11.9 Å². The van der Waals surface area contributed by atoms with Crippen LogP contribution in [0, 0.1) is 0 Å². The molecule has 26 heavy (non-hydrogen) atoms. The first-order valence-electron chi connectivity index (χ1n) is 8.47. The van der Waals surface area contributed by atoms with Gasteiger partial charge < -0.3 is 15.1 Å². The lowest BCUT2D eigenvalue weighted by Gasteiger charge is -2.31. The van der Waals surface area contributed by atoms with E-state index in [1.165, 1.54) is 4.90 Å². The van der Waals surface area contributed by atoms with E-state index in [-0.39, 0.29) is 5.41 Å². The number of benzene rings is 2. The van der Waals surface area contributed by atoms with Gasteiger partial charge in [0.25, 0.3) is 0 Å². The predicted octanol–water partition coefficient (Wildman–Crippen LogP) is 3.74. The Labute approximate surface area is 153 Å². The van der Waals surface area contributed by atoms with Gasteiger partial charge in [-0.05, 0) is 28.7 Å². The number of para-hydroxylation sites is 1. The number of hydrogen-bond acceptors (Lipinski definition) is 3. The molecular formula is C21H25NO4. The Kier molecular flexibility index (Phi) is 5.70. The Bertz CT molecular complexity index is 763. The predicted molar refractivity (Wildman–Crippen MR) is 102 cm³/mol. The number of carbonyl (C=O) groups is 2. The van der Waals surface area contributed by atoms with Crippen LogP contribution in [-0.2, 0) is 15.0 Å². The van der Waals surface area contributed by atoms with Gasteiger partial charge in [-0.1, -0.05) is 63.2 Å². The van der Waals surface area contributed by atoms with E-state index in [9.17, 15) is 19.8 Å². The summed E-state index contributed by atoms with van der Waals surface area (Å²) in [6, 6.07) is 14.9. The van der Waals surface area contributed by atoms with Crippen LogP contribution in [0.15, 0.2) is 54.6 Å². The Balaban J connectivity index is 2.45. The minimum absolute atomic E-state index is 0.0652. The summed E-state index contributed by atoms with van der Waals surface area (Å²) in [4.78, 5) is 25.4. The Morgan fingerprint density at radius 1 is 0.885 bits per heavy atom. The zero-order valence-corrected chi connectivity index (χ0v) is 15.5. The SMILES string of the molecule is CN(c1ccccc1)C(C(=O)O)C(C(=O)O)c1ccc(C(C)(C)C)cc1. The molecule has 0 radical (unpaired) electrons. The molecule has 0 aliphatic carbocycles. The van der Waals surface area contributed by atoms with Gasteiger partial charge in [0.15, 0.2) is 0 Å². The lowest BCUT2D eigenvalue weighted by atomic mass is 9.84. The monoisotopic (exact) mass is 355 g/mol. The zero-order valence-electron chi connectivity index (χ0n) is 15.5. The molecule has 2 rings (SSSR count). The van der Waals surface area contributed by atoms with Gasteiger partial charge in [0.1, 0.15) is 12.0 Å². The van der Waals surface area contributed by atoms with E-state index in [4.69, 9.17) is 0 Å². The van der Waals surface area contributed by atoms with Gasteiger partial charge in [0, 0.05) is 12.7 Å². The average Bonchev–Trinajstić information content (AvgIpc) is 2.58. The second-order valence-electron chi connectivity index (χ2n) is 7.42. The summed E-state index contributed by atoms with van der Waals surface area (Å²) in [7, 11) is 1.60. The molecule has 0 saturated carbocycles. The number of carboxylic acids is 2. The highest BCUT2D eigenvalue weighted by atomic mass is 16.4. The van der Waals surface area contributed by atoms with Crippen molar-refractivity contribution in [1.82, 2.24) is 0 Å². The van der Waals surface area contributed by atoms with Gasteiger partial charge >= 0.3 is 11.9 Å². The number of nitrogens with zero attached hydrogens (tertiary/aromatic N) is 1. The quantitative estimate of drug-likeness (QED) is 0.825. The van der Waals surface area contributed by atoms with Crippen LogP contribution < -0.4 is 4.90 Å². The number of aliphatic carboxylic acids is 2. The molecule has 0 spiro atoms. The number of rotatable bonds is 6. The second-order valence-corrected chi connectivity index (χ2v) is 7.42. The van der Waals surface area contributed by atoms with E-state index in [0.29, 0.717) is 11.3 Å². The summed E-state index contributed by atoms with van der Waals surface area (Å²) < 4.78 is 0. The van der Waals surface area contributed by atoms with E-state index in [1.807, 2.05) is 18.2 Å². The fourth-order valence-corrected chi connectivity index (χ4v) is 3.01. The molecule has 2 unspecified atom stereocenters. The fraction of sp³-hybridized carbons (Fsp3) is 0.333. The molecule has 0 saturated heterocycles. The molecule has 2 aromatic rings. The van der Waals surface area contributed by atoms with Crippen molar-refractivity contribution in [3.8, 4) is 0 Å².